The summed E-state index contributed by atoms with van der Waals surface area (Å²) in [7, 11) is 0. The van der Waals surface area contributed by atoms with Crippen LogP contribution in [0.5, 0.6) is 0 Å². The summed E-state index contributed by atoms with van der Waals surface area (Å²) in [5.74, 6) is -0.0807. The minimum absolute atomic E-state index is 0.0807. The number of nitrogens with one attached hydrogen (secondary N) is 1. The molecule has 0 amide bonds. The van der Waals surface area contributed by atoms with Gasteiger partial charge in [-0.1, -0.05) is 35.7 Å². The predicted molar refractivity (Wildman–Crippen MR) is 80.8 cm³/mol. The Morgan fingerprint density at radius 1 is 1.37 bits per heavy atom. The SMILES string of the molecule is CCCC[C@H](c1cc(Br)ccc1F)N1CCNCC1. The Kier molecular flexibility index (Phi) is 5.79. The Bertz CT molecular complexity index is 405. The van der Waals surface area contributed by atoms with Crippen molar-refractivity contribution in [2.75, 3.05) is 26.2 Å². The fourth-order valence-corrected chi connectivity index (χ4v) is 3.07. The van der Waals surface area contributed by atoms with Gasteiger partial charge in [0.2, 0.25) is 0 Å². The highest BCUT2D eigenvalue weighted by Crippen LogP contribution is 2.30. The lowest BCUT2D eigenvalue weighted by Crippen LogP contribution is -2.45. The third kappa shape index (κ3) is 4.01. The number of piperazine rings is 1. The highest BCUT2D eigenvalue weighted by Gasteiger charge is 2.24. The van der Waals surface area contributed by atoms with Crippen molar-refractivity contribution >= 4 is 15.9 Å². The van der Waals surface area contributed by atoms with E-state index in [2.05, 4.69) is 33.1 Å². The number of nitrogens with zero attached hydrogens (tertiary/aromatic N) is 1. The van der Waals surface area contributed by atoms with E-state index in [0.29, 0.717) is 0 Å². The Morgan fingerprint density at radius 2 is 2.11 bits per heavy atom. The quantitative estimate of drug-likeness (QED) is 0.886. The summed E-state index contributed by atoms with van der Waals surface area (Å²) in [6.45, 7) is 6.18. The van der Waals surface area contributed by atoms with Crippen molar-refractivity contribution in [2.45, 2.75) is 32.2 Å². The highest BCUT2D eigenvalue weighted by atomic mass is 79.9. The van der Waals surface area contributed by atoms with Crippen LogP contribution in [0, 0.1) is 5.82 Å². The minimum atomic E-state index is -0.0807. The molecule has 0 saturated carbocycles. The van der Waals surface area contributed by atoms with Crippen LogP contribution in [-0.2, 0) is 0 Å². The van der Waals surface area contributed by atoms with E-state index >= 15 is 0 Å². The first-order valence-corrected chi connectivity index (χ1v) is 7.91. The van der Waals surface area contributed by atoms with E-state index in [4.69, 9.17) is 0 Å². The van der Waals surface area contributed by atoms with E-state index < -0.39 is 0 Å². The molecule has 4 heteroatoms. The van der Waals surface area contributed by atoms with Gasteiger partial charge in [-0.25, -0.2) is 4.39 Å². The average Bonchev–Trinajstić information content (AvgIpc) is 2.44. The average molecular weight is 329 g/mol. The van der Waals surface area contributed by atoms with Gasteiger partial charge in [0.15, 0.2) is 0 Å². The molecule has 1 heterocycles. The molecule has 106 valence electrons. The first-order chi connectivity index (χ1) is 9.22. The summed E-state index contributed by atoms with van der Waals surface area (Å²) in [6.07, 6.45) is 3.32. The number of hydrogen-bond acceptors (Lipinski definition) is 2. The van der Waals surface area contributed by atoms with Crippen LogP contribution >= 0.6 is 15.9 Å². The van der Waals surface area contributed by atoms with Crippen molar-refractivity contribution in [2.24, 2.45) is 0 Å². The molecule has 0 bridgehead atoms. The largest absolute Gasteiger partial charge is 0.314 e. The molecule has 1 aliphatic rings. The van der Waals surface area contributed by atoms with Crippen molar-refractivity contribution in [1.82, 2.24) is 10.2 Å². The smallest absolute Gasteiger partial charge is 0.128 e. The summed E-state index contributed by atoms with van der Waals surface area (Å²) in [5, 5.41) is 3.36. The zero-order valence-electron chi connectivity index (χ0n) is 11.5. The Morgan fingerprint density at radius 3 is 2.79 bits per heavy atom. The van der Waals surface area contributed by atoms with E-state index in [1.54, 1.807) is 12.1 Å². The summed E-state index contributed by atoms with van der Waals surface area (Å²) in [6, 6.07) is 5.49. The van der Waals surface area contributed by atoms with Crippen LogP contribution in [-0.4, -0.2) is 31.1 Å². The maximum Gasteiger partial charge on any atom is 0.128 e. The molecule has 1 aliphatic heterocycles. The molecule has 1 atom stereocenters. The van der Waals surface area contributed by atoms with Gasteiger partial charge >= 0.3 is 0 Å². The summed E-state index contributed by atoms with van der Waals surface area (Å²) >= 11 is 3.46. The molecule has 1 saturated heterocycles. The third-order valence-corrected chi connectivity index (χ3v) is 4.23. The second kappa shape index (κ2) is 7.36. The minimum Gasteiger partial charge on any atom is -0.314 e. The molecule has 19 heavy (non-hydrogen) atoms. The van der Waals surface area contributed by atoms with Gasteiger partial charge < -0.3 is 5.32 Å². The van der Waals surface area contributed by atoms with Crippen molar-refractivity contribution in [1.29, 1.82) is 0 Å². The van der Waals surface area contributed by atoms with E-state index in [1.165, 1.54) is 0 Å². The molecule has 2 nitrogen and oxygen atoms in total. The summed E-state index contributed by atoms with van der Waals surface area (Å²) in [5.41, 5.74) is 0.838. The third-order valence-electron chi connectivity index (χ3n) is 3.74. The van der Waals surface area contributed by atoms with Crippen LogP contribution in [0.1, 0.15) is 37.8 Å². The molecule has 0 unspecified atom stereocenters. The first-order valence-electron chi connectivity index (χ1n) is 7.12. The molecule has 1 aromatic rings. The molecule has 0 aromatic heterocycles. The van der Waals surface area contributed by atoms with Crippen LogP contribution < -0.4 is 5.32 Å². The topological polar surface area (TPSA) is 15.3 Å². The summed E-state index contributed by atoms with van der Waals surface area (Å²) < 4.78 is 15.1. The number of rotatable bonds is 5. The van der Waals surface area contributed by atoms with Crippen LogP contribution in [0.25, 0.3) is 0 Å². The van der Waals surface area contributed by atoms with Crippen molar-refractivity contribution in [3.8, 4) is 0 Å². The number of unbranched alkanes of at least 4 members (excludes halogenated alkanes) is 1. The van der Waals surface area contributed by atoms with E-state index in [0.717, 1.165) is 55.5 Å². The van der Waals surface area contributed by atoms with Crippen molar-refractivity contribution in [3.05, 3.63) is 34.1 Å². The molecule has 0 spiro atoms. The standard InChI is InChI=1S/C15H22BrFN2/c1-2-3-4-15(19-9-7-18-8-10-19)13-11-12(16)5-6-14(13)17/h5-6,11,15,18H,2-4,7-10H2,1H3/t15-/m1/s1. The zero-order valence-corrected chi connectivity index (χ0v) is 13.0. The second-order valence-electron chi connectivity index (χ2n) is 5.11. The van der Waals surface area contributed by atoms with Gasteiger partial charge in [0.25, 0.3) is 0 Å². The van der Waals surface area contributed by atoms with Crippen LogP contribution in [0.2, 0.25) is 0 Å². The van der Waals surface area contributed by atoms with E-state index in [1.807, 2.05) is 6.07 Å². The van der Waals surface area contributed by atoms with Gasteiger partial charge in [0, 0.05) is 42.3 Å². The molecular formula is C15H22BrFN2. The Hall–Kier alpha value is -0.450. The van der Waals surface area contributed by atoms with E-state index in [9.17, 15) is 4.39 Å². The van der Waals surface area contributed by atoms with Gasteiger partial charge in [-0.05, 0) is 24.6 Å². The molecule has 1 aromatic carbocycles. The Balaban J connectivity index is 2.22. The lowest BCUT2D eigenvalue weighted by molar-refractivity contribution is 0.160. The predicted octanol–water partition coefficient (Wildman–Crippen LogP) is 3.72. The Labute approximate surface area is 123 Å². The van der Waals surface area contributed by atoms with Crippen LogP contribution in [0.3, 0.4) is 0 Å². The maximum atomic E-state index is 14.1. The van der Waals surface area contributed by atoms with Gasteiger partial charge in [-0.3, -0.25) is 4.90 Å². The monoisotopic (exact) mass is 328 g/mol. The zero-order chi connectivity index (χ0) is 13.7. The first kappa shape index (κ1) is 14.9. The van der Waals surface area contributed by atoms with Crippen molar-refractivity contribution in [3.63, 3.8) is 0 Å². The molecule has 2 rings (SSSR count). The second-order valence-corrected chi connectivity index (χ2v) is 6.03. The molecular weight excluding hydrogens is 307 g/mol. The lowest BCUT2D eigenvalue weighted by Gasteiger charge is -2.35. The van der Waals surface area contributed by atoms with Gasteiger partial charge in [-0.15, -0.1) is 0 Å². The number of halogens is 2. The van der Waals surface area contributed by atoms with Crippen LogP contribution in [0.4, 0.5) is 4.39 Å². The fourth-order valence-electron chi connectivity index (χ4n) is 2.70. The van der Waals surface area contributed by atoms with Gasteiger partial charge in [0.1, 0.15) is 5.82 Å². The fraction of sp³-hybridized carbons (Fsp3) is 0.600. The van der Waals surface area contributed by atoms with Crippen LogP contribution in [0.15, 0.2) is 22.7 Å². The molecule has 1 N–H and O–H groups in total. The normalized spacial score (nSPS) is 18.5. The van der Waals surface area contributed by atoms with Crippen molar-refractivity contribution < 1.29 is 4.39 Å². The van der Waals surface area contributed by atoms with Gasteiger partial charge in [0.05, 0.1) is 0 Å². The highest BCUT2D eigenvalue weighted by molar-refractivity contribution is 9.10. The van der Waals surface area contributed by atoms with E-state index in [-0.39, 0.29) is 11.9 Å². The molecule has 0 aliphatic carbocycles. The number of hydrogen-bond donors (Lipinski definition) is 1. The maximum absolute atomic E-state index is 14.1. The van der Waals surface area contributed by atoms with Gasteiger partial charge in [-0.2, -0.15) is 0 Å². The lowest BCUT2D eigenvalue weighted by atomic mass is 9.98. The molecule has 0 radical (unpaired) electrons. The number of benzene rings is 1. The molecule has 1 fully saturated rings. The summed E-state index contributed by atoms with van der Waals surface area (Å²) in [4.78, 5) is 2.41.